The van der Waals surface area contributed by atoms with E-state index in [4.69, 9.17) is 0 Å². The minimum Gasteiger partial charge on any atom is -0.354 e. The number of hydrogen-bond donors (Lipinski definition) is 0. The van der Waals surface area contributed by atoms with E-state index in [-0.39, 0.29) is 5.43 Å². The van der Waals surface area contributed by atoms with Crippen LogP contribution in [-0.4, -0.2) is 9.55 Å². The van der Waals surface area contributed by atoms with E-state index in [0.717, 1.165) is 18.7 Å². The van der Waals surface area contributed by atoms with Crippen molar-refractivity contribution in [2.75, 3.05) is 0 Å². The Morgan fingerprint density at radius 3 is 2.73 bits per heavy atom. The maximum absolute atomic E-state index is 10.9. The van der Waals surface area contributed by atoms with Crippen molar-refractivity contribution < 1.29 is 0 Å². The van der Waals surface area contributed by atoms with Crippen molar-refractivity contribution in [3.63, 3.8) is 0 Å². The fourth-order valence-corrected chi connectivity index (χ4v) is 2.16. The molecule has 0 aliphatic heterocycles. The molecule has 4 heteroatoms. The molecule has 0 saturated carbocycles. The van der Waals surface area contributed by atoms with Crippen molar-refractivity contribution >= 4 is 11.3 Å². The smallest absolute Gasteiger partial charge is 0.181 e. The van der Waals surface area contributed by atoms with Crippen molar-refractivity contribution in [3.8, 4) is 0 Å². The number of aryl methyl sites for hydroxylation is 3. The Labute approximate surface area is 92.0 Å². The highest BCUT2D eigenvalue weighted by Gasteiger charge is 2.00. The molecule has 78 valence electrons. The zero-order valence-corrected chi connectivity index (χ0v) is 9.33. The van der Waals surface area contributed by atoms with E-state index in [1.165, 1.54) is 4.88 Å². The van der Waals surface area contributed by atoms with Crippen LogP contribution < -0.4 is 5.43 Å². The molecular weight excluding hydrogens is 208 g/mol. The zero-order chi connectivity index (χ0) is 10.7. The fraction of sp³-hybridized carbons (Fsp3) is 0.273. The molecule has 2 aromatic heterocycles. The highest BCUT2D eigenvalue weighted by atomic mass is 32.1. The lowest BCUT2D eigenvalue weighted by molar-refractivity contribution is 0.693. The number of aromatic nitrogens is 2. The van der Waals surface area contributed by atoms with Gasteiger partial charge in [-0.1, -0.05) is 0 Å². The quantitative estimate of drug-likeness (QED) is 0.791. The molecule has 2 heterocycles. The van der Waals surface area contributed by atoms with E-state index in [1.807, 2.05) is 29.4 Å². The predicted octanol–water partition coefficient (Wildman–Crippen LogP) is 1.86. The first kappa shape index (κ1) is 10.1. The summed E-state index contributed by atoms with van der Waals surface area (Å²) in [6, 6.07) is 3.17. The monoisotopic (exact) mass is 220 g/mol. The molecule has 0 atom stereocenters. The van der Waals surface area contributed by atoms with Gasteiger partial charge in [0.05, 0.1) is 11.2 Å². The largest absolute Gasteiger partial charge is 0.354 e. The summed E-state index contributed by atoms with van der Waals surface area (Å²) in [6.07, 6.45) is 4.61. The van der Waals surface area contributed by atoms with Gasteiger partial charge in [0.2, 0.25) is 0 Å². The van der Waals surface area contributed by atoms with Crippen molar-refractivity contribution in [3.05, 3.63) is 50.8 Å². The molecule has 0 aromatic carbocycles. The fourth-order valence-electron chi connectivity index (χ4n) is 1.39. The van der Waals surface area contributed by atoms with Crippen LogP contribution in [0.1, 0.15) is 10.6 Å². The molecule has 0 aliphatic carbocycles. The van der Waals surface area contributed by atoms with E-state index in [9.17, 15) is 4.79 Å². The average molecular weight is 220 g/mol. The van der Waals surface area contributed by atoms with Gasteiger partial charge in [-0.2, -0.15) is 0 Å². The molecule has 0 radical (unpaired) electrons. The number of rotatable bonds is 3. The van der Waals surface area contributed by atoms with Gasteiger partial charge in [-0.15, -0.1) is 11.3 Å². The van der Waals surface area contributed by atoms with Crippen LogP contribution in [-0.2, 0) is 13.0 Å². The second kappa shape index (κ2) is 4.40. The summed E-state index contributed by atoms with van der Waals surface area (Å²) in [5, 5.41) is 0. The topological polar surface area (TPSA) is 34.9 Å². The molecule has 0 saturated heterocycles. The van der Waals surface area contributed by atoms with E-state index in [1.54, 1.807) is 23.5 Å². The van der Waals surface area contributed by atoms with E-state index < -0.39 is 0 Å². The average Bonchev–Trinajstić information content (AvgIpc) is 2.63. The standard InChI is InChI=1S/C11H12N2OS/c1-9-11(15-8-12-9)4-7-13-5-2-10(14)3-6-13/h2-3,5-6,8H,4,7H2,1H3. The number of pyridine rings is 1. The minimum atomic E-state index is 0.0558. The van der Waals surface area contributed by atoms with E-state index in [0.29, 0.717) is 0 Å². The maximum Gasteiger partial charge on any atom is 0.181 e. The summed E-state index contributed by atoms with van der Waals surface area (Å²) in [4.78, 5) is 16.4. The second-order valence-corrected chi connectivity index (χ2v) is 4.32. The summed E-state index contributed by atoms with van der Waals surface area (Å²) in [6.45, 7) is 2.92. The highest BCUT2D eigenvalue weighted by molar-refractivity contribution is 7.09. The summed E-state index contributed by atoms with van der Waals surface area (Å²) < 4.78 is 2.01. The molecule has 0 amide bonds. The minimum absolute atomic E-state index is 0.0558. The number of hydrogen-bond acceptors (Lipinski definition) is 3. The van der Waals surface area contributed by atoms with E-state index >= 15 is 0 Å². The van der Waals surface area contributed by atoms with Gasteiger partial charge in [0.1, 0.15) is 0 Å². The Balaban J connectivity index is 2.02. The van der Waals surface area contributed by atoms with Gasteiger partial charge in [-0.25, -0.2) is 4.98 Å². The summed E-state index contributed by atoms with van der Waals surface area (Å²) in [5.74, 6) is 0. The van der Waals surface area contributed by atoms with Crippen LogP contribution in [0.25, 0.3) is 0 Å². The highest BCUT2D eigenvalue weighted by Crippen LogP contribution is 2.13. The van der Waals surface area contributed by atoms with Crippen LogP contribution in [0.3, 0.4) is 0 Å². The van der Waals surface area contributed by atoms with Crippen LogP contribution in [0.4, 0.5) is 0 Å². The van der Waals surface area contributed by atoms with Crippen LogP contribution in [0, 0.1) is 6.92 Å². The van der Waals surface area contributed by atoms with Gasteiger partial charge in [0.25, 0.3) is 0 Å². The molecule has 0 spiro atoms. The third kappa shape index (κ3) is 2.53. The van der Waals surface area contributed by atoms with Gasteiger partial charge in [0, 0.05) is 42.4 Å². The van der Waals surface area contributed by atoms with Crippen molar-refractivity contribution in [1.29, 1.82) is 0 Å². The Morgan fingerprint density at radius 1 is 1.40 bits per heavy atom. The van der Waals surface area contributed by atoms with Crippen LogP contribution in [0.2, 0.25) is 0 Å². The van der Waals surface area contributed by atoms with Gasteiger partial charge >= 0.3 is 0 Å². The van der Waals surface area contributed by atoms with Crippen LogP contribution in [0.15, 0.2) is 34.8 Å². The number of thiazole rings is 1. The molecule has 0 aliphatic rings. The van der Waals surface area contributed by atoms with Gasteiger partial charge in [0.15, 0.2) is 5.43 Å². The summed E-state index contributed by atoms with van der Waals surface area (Å²) in [7, 11) is 0. The normalized spacial score (nSPS) is 10.5. The first-order valence-corrected chi connectivity index (χ1v) is 5.69. The van der Waals surface area contributed by atoms with Gasteiger partial charge < -0.3 is 4.57 Å². The third-order valence-corrected chi connectivity index (χ3v) is 3.30. The Kier molecular flexibility index (Phi) is 2.97. The maximum atomic E-state index is 10.9. The molecule has 15 heavy (non-hydrogen) atoms. The van der Waals surface area contributed by atoms with Crippen molar-refractivity contribution in [2.45, 2.75) is 19.9 Å². The summed E-state index contributed by atoms with van der Waals surface area (Å²) in [5.41, 5.74) is 3.04. The molecule has 2 aromatic rings. The summed E-state index contributed by atoms with van der Waals surface area (Å²) >= 11 is 1.69. The molecule has 0 N–H and O–H groups in total. The SMILES string of the molecule is Cc1ncsc1CCn1ccc(=O)cc1. The van der Waals surface area contributed by atoms with Crippen LogP contribution in [0.5, 0.6) is 0 Å². The van der Waals surface area contributed by atoms with Crippen molar-refractivity contribution in [2.24, 2.45) is 0 Å². The van der Waals surface area contributed by atoms with E-state index in [2.05, 4.69) is 4.98 Å². The molecule has 0 fully saturated rings. The lowest BCUT2D eigenvalue weighted by Gasteiger charge is -2.04. The lowest BCUT2D eigenvalue weighted by atomic mass is 10.3. The molecule has 2 rings (SSSR count). The predicted molar refractivity (Wildman–Crippen MR) is 61.3 cm³/mol. The lowest BCUT2D eigenvalue weighted by Crippen LogP contribution is -2.05. The van der Waals surface area contributed by atoms with Gasteiger partial charge in [-0.05, 0) is 6.92 Å². The Morgan fingerprint density at radius 2 is 2.13 bits per heavy atom. The molecule has 0 unspecified atom stereocenters. The third-order valence-electron chi connectivity index (χ3n) is 2.30. The number of nitrogens with zero attached hydrogens (tertiary/aromatic N) is 2. The van der Waals surface area contributed by atoms with Crippen LogP contribution >= 0.6 is 11.3 Å². The first-order valence-electron chi connectivity index (χ1n) is 4.81. The Hall–Kier alpha value is -1.42. The molecule has 0 bridgehead atoms. The Bertz CT molecular complexity index is 481. The van der Waals surface area contributed by atoms with Crippen molar-refractivity contribution in [1.82, 2.24) is 9.55 Å². The first-order chi connectivity index (χ1) is 7.25. The molecular formula is C11H12N2OS. The van der Waals surface area contributed by atoms with Gasteiger partial charge in [-0.3, -0.25) is 4.79 Å². The zero-order valence-electron chi connectivity index (χ0n) is 8.51. The molecule has 3 nitrogen and oxygen atoms in total. The second-order valence-electron chi connectivity index (χ2n) is 3.38.